The van der Waals surface area contributed by atoms with Gasteiger partial charge in [0.25, 0.3) is 0 Å². The molecule has 2 unspecified atom stereocenters. The van der Waals surface area contributed by atoms with Crippen molar-refractivity contribution in [1.29, 1.82) is 0 Å². The van der Waals surface area contributed by atoms with Crippen LogP contribution in [0.25, 0.3) is 34.4 Å². The molecule has 0 nitrogen and oxygen atoms in total. The van der Waals surface area contributed by atoms with Crippen molar-refractivity contribution < 1.29 is 17.4 Å². The van der Waals surface area contributed by atoms with Crippen molar-refractivity contribution in [2.45, 2.75) is 96.6 Å². The van der Waals surface area contributed by atoms with Gasteiger partial charge in [-0.25, -0.2) is 0 Å². The van der Waals surface area contributed by atoms with Gasteiger partial charge in [0.15, 0.2) is 0 Å². The Labute approximate surface area is 312 Å². The summed E-state index contributed by atoms with van der Waals surface area (Å²) in [4.78, 5) is 0. The summed E-state index contributed by atoms with van der Waals surface area (Å²) in [7, 11) is 0. The van der Waals surface area contributed by atoms with E-state index >= 15 is 0 Å². The van der Waals surface area contributed by atoms with Crippen LogP contribution in [-0.4, -0.2) is 6.88 Å². The Bertz CT molecular complexity index is 2010. The quantitative estimate of drug-likeness (QED) is 0.177. The van der Waals surface area contributed by atoms with Crippen molar-refractivity contribution in [3.8, 4) is 22.3 Å². The minimum Gasteiger partial charge on any atom is -0.147 e. The molecule has 0 aliphatic heterocycles. The number of fused-ring (bicyclic) bond motifs is 2. The number of benzene rings is 4. The van der Waals surface area contributed by atoms with Gasteiger partial charge in [0.05, 0.1) is 0 Å². The third kappa shape index (κ3) is 6.99. The molecule has 0 aromatic heterocycles. The molecule has 49 heavy (non-hydrogen) atoms. The van der Waals surface area contributed by atoms with Crippen LogP contribution in [-0.2, 0) is 28.2 Å². The molecule has 0 saturated carbocycles. The molecule has 0 fully saturated rings. The largest absolute Gasteiger partial charge is 0.147 e. The second-order valence-corrected chi connectivity index (χ2v) is 48.7. The molecule has 6 rings (SSSR count). The number of hydrogen-bond donors (Lipinski definition) is 0. The Hall–Kier alpha value is -1.96. The van der Waals surface area contributed by atoms with Crippen molar-refractivity contribution in [1.82, 2.24) is 0 Å². The molecule has 0 radical (unpaired) electrons. The van der Waals surface area contributed by atoms with Gasteiger partial charge in [0, 0.05) is 0 Å². The Kier molecular flexibility index (Phi) is 11.0. The van der Waals surface area contributed by atoms with E-state index in [-0.39, 0.29) is 35.6 Å². The van der Waals surface area contributed by atoms with E-state index in [9.17, 15) is 0 Å². The predicted molar refractivity (Wildman–Crippen MR) is 223 cm³/mol. The normalized spacial score (nSPS) is 17.5. The van der Waals surface area contributed by atoms with Crippen LogP contribution in [0.15, 0.2) is 90.0 Å². The Morgan fingerprint density at radius 3 is 1.57 bits per heavy atom. The molecule has 4 aromatic rings. The molecule has 4 aromatic carbocycles. The molecule has 0 spiro atoms. The molecule has 0 amide bonds. The van der Waals surface area contributed by atoms with E-state index in [2.05, 4.69) is 176 Å². The van der Waals surface area contributed by atoms with Gasteiger partial charge in [-0.15, -0.1) is 24.8 Å². The summed E-state index contributed by atoms with van der Waals surface area (Å²) < 4.78 is 6.57. The van der Waals surface area contributed by atoms with E-state index in [0.717, 1.165) is 0 Å². The zero-order chi connectivity index (χ0) is 34.3. The smallest absolute Gasteiger partial charge is 0.147 e. The van der Waals surface area contributed by atoms with Crippen LogP contribution in [0.2, 0.25) is 9.26 Å². The molecular formula is C45H58Cl2SiZr. The number of aryl methyl sites for hydroxylation is 1. The van der Waals surface area contributed by atoms with Crippen LogP contribution < -0.4 is 0 Å². The summed E-state index contributed by atoms with van der Waals surface area (Å²) in [6.07, 6.45) is 5.18. The van der Waals surface area contributed by atoms with Gasteiger partial charge >= 0.3 is 290 Å². The summed E-state index contributed by atoms with van der Waals surface area (Å²) in [6, 6.07) is 30.7. The number of halogens is 2. The SMILES string of the molecule is CC1=Cc2c(-c3ccc(C(C)(C)C)cc3)ccc(C)c2[CH]1[Zr]([CH3])([CH3])(=[SiH2])[CH]1C(C(C)C)=Cc2c(-c3ccc(C(C)(C)C)cc3)cccc21.Cl.Cl. The van der Waals surface area contributed by atoms with Crippen molar-refractivity contribution in [2.75, 3.05) is 0 Å². The maximum atomic E-state index is 2.78. The molecule has 260 valence electrons. The third-order valence-electron chi connectivity index (χ3n) is 11.4. The predicted octanol–water partition coefficient (Wildman–Crippen LogP) is 13.4. The monoisotopic (exact) mass is 786 g/mol. The summed E-state index contributed by atoms with van der Waals surface area (Å²) >= 11 is -3.71. The molecule has 4 heteroatoms. The van der Waals surface area contributed by atoms with Gasteiger partial charge in [-0.05, 0) is 0 Å². The Morgan fingerprint density at radius 2 is 1.10 bits per heavy atom. The molecule has 2 aliphatic rings. The fourth-order valence-corrected chi connectivity index (χ4v) is 29.6. The standard InChI is InChI=1S/C22H25.C21H23.2CH3.2ClH.H2Si.Zr/c1-15(2)18-13-17-7-6-8-20(21(17)14-18)16-9-11-19(12-10-16)22(3,4)5;1-14-12-19-15(2)6-11-18(20(19)13-14)16-7-9-17(10-8-16)21(3,4)5;;;;;;/h6-15H,1-5H3;6-13H,1-5H3;2*1H3;2*1H;1H2;. The van der Waals surface area contributed by atoms with Gasteiger partial charge in [-0.3, -0.25) is 0 Å². The third-order valence-corrected chi connectivity index (χ3v) is 29.0. The maximum Gasteiger partial charge on any atom is -0.147 e. The zero-order valence-electron chi connectivity index (χ0n) is 31.9. The van der Waals surface area contributed by atoms with Crippen molar-refractivity contribution >= 4 is 43.8 Å². The van der Waals surface area contributed by atoms with Crippen LogP contribution >= 0.6 is 24.8 Å². The van der Waals surface area contributed by atoms with Crippen molar-refractivity contribution in [3.63, 3.8) is 0 Å². The molecular weight excluding hydrogens is 731 g/mol. The first kappa shape index (κ1) is 39.8. The average Bonchev–Trinajstić information content (AvgIpc) is 3.57. The van der Waals surface area contributed by atoms with E-state index in [1.807, 2.05) is 0 Å². The Balaban J connectivity index is 0.00000270. The molecule has 2 atom stereocenters. The van der Waals surface area contributed by atoms with E-state index in [4.69, 9.17) is 0 Å². The van der Waals surface area contributed by atoms with Crippen LogP contribution in [0.4, 0.5) is 0 Å². The summed E-state index contributed by atoms with van der Waals surface area (Å²) in [5, 5.41) is 0. The van der Waals surface area contributed by atoms with Gasteiger partial charge in [-0.1, -0.05) is 0 Å². The van der Waals surface area contributed by atoms with Gasteiger partial charge in [0.1, 0.15) is 0 Å². The van der Waals surface area contributed by atoms with E-state index in [1.165, 1.54) is 50.1 Å². The second-order valence-electron chi connectivity index (χ2n) is 18.2. The fourth-order valence-electron chi connectivity index (χ4n) is 9.00. The zero-order valence-corrected chi connectivity index (χ0v) is 37.4. The first-order valence-corrected chi connectivity index (χ1v) is 31.4. The minimum atomic E-state index is -3.71. The van der Waals surface area contributed by atoms with Crippen LogP contribution in [0, 0.1) is 12.8 Å². The first-order chi connectivity index (χ1) is 21.8. The van der Waals surface area contributed by atoms with Gasteiger partial charge < -0.3 is 0 Å². The second kappa shape index (κ2) is 13.5. The molecule has 0 bridgehead atoms. The van der Waals surface area contributed by atoms with Crippen LogP contribution in [0.1, 0.15) is 109 Å². The summed E-state index contributed by atoms with van der Waals surface area (Å²) in [5.41, 5.74) is 19.3. The molecule has 0 N–H and O–H groups in total. The number of rotatable bonds is 5. The van der Waals surface area contributed by atoms with E-state index in [1.54, 1.807) is 22.3 Å². The van der Waals surface area contributed by atoms with E-state index < -0.39 is 17.4 Å². The number of hydrogen-bond acceptors (Lipinski definition) is 0. The van der Waals surface area contributed by atoms with Gasteiger partial charge in [0.2, 0.25) is 0 Å². The Morgan fingerprint density at radius 1 is 0.612 bits per heavy atom. The van der Waals surface area contributed by atoms with Crippen molar-refractivity contribution in [3.05, 3.63) is 129 Å². The summed E-state index contributed by atoms with van der Waals surface area (Å²) in [6.45, 7) is 25.9. The minimum absolute atomic E-state index is 0. The topological polar surface area (TPSA) is 0 Å². The number of allylic oxidation sites excluding steroid dienone is 2. The van der Waals surface area contributed by atoms with Crippen LogP contribution in [0.5, 0.6) is 0 Å². The fraction of sp³-hybridized carbons (Fsp3) is 0.378. The van der Waals surface area contributed by atoms with Gasteiger partial charge in [-0.2, -0.15) is 0 Å². The molecule has 0 heterocycles. The van der Waals surface area contributed by atoms with Crippen molar-refractivity contribution in [2.24, 2.45) is 5.92 Å². The average molecular weight is 789 g/mol. The van der Waals surface area contributed by atoms with Crippen LogP contribution in [0.3, 0.4) is 0 Å². The maximum absolute atomic E-state index is 3.71. The van der Waals surface area contributed by atoms with E-state index in [0.29, 0.717) is 13.2 Å². The molecule has 0 saturated heterocycles. The molecule has 2 aliphatic carbocycles. The first-order valence-electron chi connectivity index (χ1n) is 17.7. The summed E-state index contributed by atoms with van der Waals surface area (Å²) in [5.74, 6) is 0.500.